The van der Waals surface area contributed by atoms with Crippen molar-refractivity contribution in [3.05, 3.63) is 48.0 Å². The molecule has 2 aromatic carbocycles. The minimum absolute atomic E-state index is 0.0805. The number of carbonyl (C=O) groups is 1. The van der Waals surface area contributed by atoms with Gasteiger partial charge in [-0.05, 0) is 43.2 Å². The Morgan fingerprint density at radius 1 is 1.13 bits per heavy atom. The number of carbonyl (C=O) groups excluding carboxylic acids is 1. The number of fused-ring (bicyclic) bond motifs is 4. The molecule has 8 nitrogen and oxygen atoms in total. The minimum Gasteiger partial charge on any atom is -0.486 e. The van der Waals surface area contributed by atoms with Crippen LogP contribution in [-0.4, -0.2) is 46.0 Å². The average Bonchev–Trinajstić information content (AvgIpc) is 3.02. The van der Waals surface area contributed by atoms with Gasteiger partial charge in [0.25, 0.3) is 15.9 Å². The van der Waals surface area contributed by atoms with E-state index in [1.807, 2.05) is 29.2 Å². The third-order valence-corrected chi connectivity index (χ3v) is 7.00. The summed E-state index contributed by atoms with van der Waals surface area (Å²) in [5.74, 6) is 1.54. The first-order valence-corrected chi connectivity index (χ1v) is 11.9. The van der Waals surface area contributed by atoms with Crippen LogP contribution >= 0.6 is 0 Å². The predicted molar refractivity (Wildman–Crippen MR) is 116 cm³/mol. The van der Waals surface area contributed by atoms with Crippen LogP contribution in [0.2, 0.25) is 0 Å². The summed E-state index contributed by atoms with van der Waals surface area (Å²) in [6.45, 7) is 1.29. The molecular formula is C22H23N3O5S. The van der Waals surface area contributed by atoms with Gasteiger partial charge in [0.05, 0.1) is 12.2 Å². The molecule has 3 aliphatic heterocycles. The van der Waals surface area contributed by atoms with Gasteiger partial charge >= 0.3 is 0 Å². The highest BCUT2D eigenvalue weighted by atomic mass is 32.2. The summed E-state index contributed by atoms with van der Waals surface area (Å²) in [6.07, 6.45) is 3.27. The van der Waals surface area contributed by atoms with Crippen molar-refractivity contribution in [3.8, 4) is 11.5 Å². The lowest BCUT2D eigenvalue weighted by molar-refractivity contribution is 0.0789. The molecule has 0 radical (unpaired) electrons. The lowest BCUT2D eigenvalue weighted by Crippen LogP contribution is -2.41. The van der Waals surface area contributed by atoms with Crippen LogP contribution in [0.4, 0.5) is 5.69 Å². The first-order valence-electron chi connectivity index (χ1n) is 10.4. The fraction of sp³-hybridized carbons (Fsp3) is 0.364. The van der Waals surface area contributed by atoms with Crippen molar-refractivity contribution >= 4 is 27.5 Å². The summed E-state index contributed by atoms with van der Waals surface area (Å²) in [5.41, 5.74) is 0.872. The van der Waals surface area contributed by atoms with E-state index >= 15 is 0 Å². The summed E-state index contributed by atoms with van der Waals surface area (Å²) in [6, 6.07) is 12.1. The van der Waals surface area contributed by atoms with E-state index in [2.05, 4.69) is 9.71 Å². The van der Waals surface area contributed by atoms with E-state index in [0.29, 0.717) is 36.0 Å². The number of anilines is 1. The highest BCUT2D eigenvalue weighted by Gasteiger charge is 2.32. The Labute approximate surface area is 180 Å². The molecule has 1 saturated heterocycles. The fourth-order valence-electron chi connectivity index (χ4n) is 4.09. The largest absolute Gasteiger partial charge is 0.486 e. The van der Waals surface area contributed by atoms with Crippen LogP contribution in [0.1, 0.15) is 36.0 Å². The van der Waals surface area contributed by atoms with Crippen LogP contribution in [0, 0.1) is 0 Å². The maximum atomic E-state index is 12.8. The van der Waals surface area contributed by atoms with E-state index in [0.717, 1.165) is 25.8 Å². The molecule has 1 atom stereocenters. The Morgan fingerprint density at radius 2 is 1.97 bits per heavy atom. The molecule has 3 aliphatic rings. The normalized spacial score (nSPS) is 21.2. The maximum Gasteiger partial charge on any atom is 0.286 e. The molecule has 1 amide bonds. The van der Waals surface area contributed by atoms with Crippen LogP contribution in [-0.2, 0) is 10.0 Å². The van der Waals surface area contributed by atoms with Crippen molar-refractivity contribution in [2.24, 2.45) is 4.40 Å². The summed E-state index contributed by atoms with van der Waals surface area (Å²) < 4.78 is 41.0. The van der Waals surface area contributed by atoms with Crippen LogP contribution in [0.5, 0.6) is 11.5 Å². The fourth-order valence-corrected chi connectivity index (χ4v) is 5.38. The third kappa shape index (κ3) is 3.85. The SMILES string of the molecule is O=C(NCC1COc2ccccc2O1)c1ccc2c(c1)S(=O)(=O)N=C1CCCCCN12. The van der Waals surface area contributed by atoms with E-state index in [1.165, 1.54) is 6.07 Å². The number of amides is 1. The summed E-state index contributed by atoms with van der Waals surface area (Å²) in [4.78, 5) is 14.8. The molecule has 1 fully saturated rings. The van der Waals surface area contributed by atoms with Gasteiger partial charge in [0.15, 0.2) is 11.5 Å². The van der Waals surface area contributed by atoms with Crippen molar-refractivity contribution in [2.75, 3.05) is 24.6 Å². The molecule has 0 bridgehead atoms. The molecular weight excluding hydrogens is 418 g/mol. The number of hydrogen-bond donors (Lipinski definition) is 1. The van der Waals surface area contributed by atoms with E-state index in [4.69, 9.17) is 9.47 Å². The van der Waals surface area contributed by atoms with Gasteiger partial charge in [-0.3, -0.25) is 4.79 Å². The lowest BCUT2D eigenvalue weighted by atomic mass is 10.1. The number of hydrogen-bond acceptors (Lipinski definition) is 6. The highest BCUT2D eigenvalue weighted by molar-refractivity contribution is 7.90. The molecule has 3 heterocycles. The minimum atomic E-state index is -3.83. The zero-order valence-electron chi connectivity index (χ0n) is 16.9. The average molecular weight is 442 g/mol. The van der Waals surface area contributed by atoms with E-state index in [9.17, 15) is 13.2 Å². The Kier molecular flexibility index (Phi) is 5.05. The second kappa shape index (κ2) is 7.88. The topological polar surface area (TPSA) is 97.3 Å². The van der Waals surface area contributed by atoms with Crippen molar-refractivity contribution in [2.45, 2.75) is 36.7 Å². The first-order chi connectivity index (χ1) is 15.0. The molecule has 9 heteroatoms. The lowest BCUT2D eigenvalue weighted by Gasteiger charge is -2.29. The van der Waals surface area contributed by atoms with Crippen LogP contribution < -0.4 is 19.7 Å². The van der Waals surface area contributed by atoms with Crippen LogP contribution in [0.25, 0.3) is 0 Å². The van der Waals surface area contributed by atoms with Crippen molar-refractivity contribution < 1.29 is 22.7 Å². The number of rotatable bonds is 3. The number of nitrogens with one attached hydrogen (secondary N) is 1. The Hall–Kier alpha value is -3.07. The molecule has 2 aromatic rings. The van der Waals surface area contributed by atoms with E-state index in [-0.39, 0.29) is 29.0 Å². The molecule has 1 N–H and O–H groups in total. The van der Waals surface area contributed by atoms with Crippen molar-refractivity contribution in [1.29, 1.82) is 0 Å². The highest BCUT2D eigenvalue weighted by Crippen LogP contribution is 2.35. The molecule has 5 rings (SSSR count). The first kappa shape index (κ1) is 19.9. The molecule has 31 heavy (non-hydrogen) atoms. The molecule has 0 spiro atoms. The quantitative estimate of drug-likeness (QED) is 0.787. The molecule has 0 aromatic heterocycles. The summed E-state index contributed by atoms with van der Waals surface area (Å²) in [5, 5.41) is 2.81. The summed E-state index contributed by atoms with van der Waals surface area (Å²) in [7, 11) is -3.83. The van der Waals surface area contributed by atoms with Gasteiger partial charge in [-0.25, -0.2) is 0 Å². The van der Waals surface area contributed by atoms with Gasteiger partial charge in [0.2, 0.25) is 0 Å². The smallest absolute Gasteiger partial charge is 0.286 e. The molecule has 162 valence electrons. The van der Waals surface area contributed by atoms with E-state index < -0.39 is 10.0 Å². The van der Waals surface area contributed by atoms with Gasteiger partial charge < -0.3 is 19.7 Å². The zero-order chi connectivity index (χ0) is 21.4. The molecule has 0 saturated carbocycles. The second-order valence-electron chi connectivity index (χ2n) is 7.84. The predicted octanol–water partition coefficient (Wildman–Crippen LogP) is 2.74. The van der Waals surface area contributed by atoms with Gasteiger partial charge in [-0.1, -0.05) is 18.6 Å². The van der Waals surface area contributed by atoms with Crippen LogP contribution in [0.15, 0.2) is 51.8 Å². The Balaban J connectivity index is 1.32. The number of sulfonamides is 1. The number of amidine groups is 1. The number of benzene rings is 2. The zero-order valence-corrected chi connectivity index (χ0v) is 17.7. The number of ether oxygens (including phenoxy) is 2. The second-order valence-corrected chi connectivity index (χ2v) is 9.41. The monoisotopic (exact) mass is 441 g/mol. The van der Waals surface area contributed by atoms with Gasteiger partial charge in [0.1, 0.15) is 23.4 Å². The molecule has 1 unspecified atom stereocenters. The standard InChI is InChI=1S/C22H23N3O5S/c26-22(23-13-16-14-29-18-6-3-4-7-19(18)30-16)15-9-10-17-20(12-15)31(27,28)24-21-8-2-1-5-11-25(17)21/h3-4,6-7,9-10,12,16H,1-2,5,8,11,13-14H2,(H,23,26). The van der Waals surface area contributed by atoms with Gasteiger partial charge in [0, 0.05) is 18.5 Å². The van der Waals surface area contributed by atoms with Gasteiger partial charge in [-0.15, -0.1) is 4.40 Å². The number of para-hydroxylation sites is 2. The van der Waals surface area contributed by atoms with E-state index in [1.54, 1.807) is 12.1 Å². The molecule has 0 aliphatic carbocycles. The van der Waals surface area contributed by atoms with Crippen molar-refractivity contribution in [3.63, 3.8) is 0 Å². The number of nitrogens with zero attached hydrogens (tertiary/aromatic N) is 2. The van der Waals surface area contributed by atoms with Gasteiger partial charge in [-0.2, -0.15) is 8.42 Å². The van der Waals surface area contributed by atoms with Crippen molar-refractivity contribution in [1.82, 2.24) is 5.32 Å². The van der Waals surface area contributed by atoms with Crippen LogP contribution in [0.3, 0.4) is 0 Å². The Morgan fingerprint density at radius 3 is 2.84 bits per heavy atom. The summed E-state index contributed by atoms with van der Waals surface area (Å²) >= 11 is 0. The third-order valence-electron chi connectivity index (χ3n) is 5.67. The maximum absolute atomic E-state index is 12.8. The Bertz CT molecular complexity index is 1160.